The number of carbonyl (C=O) groups excluding carboxylic acids is 1. The Morgan fingerprint density at radius 3 is 2.78 bits per heavy atom. The fraction of sp³-hybridized carbons (Fsp3) is 0.533. The first-order valence-corrected chi connectivity index (χ1v) is 6.65. The molecule has 0 bridgehead atoms. The number of likely N-dealkylation sites (tertiary alicyclic amines) is 1. The van der Waals surface area contributed by atoms with Gasteiger partial charge in [0.1, 0.15) is 5.82 Å². The average molecular weight is 249 g/mol. The number of nitrogens with zero attached hydrogens (tertiary/aromatic N) is 1. The molecule has 1 aliphatic rings. The molecule has 2 nitrogen and oxygen atoms in total. The quantitative estimate of drug-likeness (QED) is 0.806. The van der Waals surface area contributed by atoms with E-state index >= 15 is 0 Å². The van der Waals surface area contributed by atoms with E-state index < -0.39 is 0 Å². The predicted octanol–water partition coefficient (Wildman–Crippen LogP) is 3.02. The molecule has 0 N–H and O–H groups in total. The number of benzene rings is 1. The molecule has 0 spiro atoms. The summed E-state index contributed by atoms with van der Waals surface area (Å²) in [5.41, 5.74) is 1.18. The number of amides is 1. The van der Waals surface area contributed by atoms with Crippen LogP contribution in [0.5, 0.6) is 0 Å². The highest BCUT2D eigenvalue weighted by Gasteiger charge is 2.21. The molecule has 0 aromatic heterocycles. The molecule has 2 rings (SSSR count). The van der Waals surface area contributed by atoms with Gasteiger partial charge in [0, 0.05) is 20.0 Å². The third-order valence-electron chi connectivity index (χ3n) is 3.72. The number of hydrogen-bond acceptors (Lipinski definition) is 1. The van der Waals surface area contributed by atoms with Crippen LogP contribution in [0, 0.1) is 11.7 Å². The van der Waals surface area contributed by atoms with Gasteiger partial charge < -0.3 is 4.90 Å². The molecule has 1 aromatic carbocycles. The lowest BCUT2D eigenvalue weighted by molar-refractivity contribution is -0.130. The van der Waals surface area contributed by atoms with E-state index in [1.807, 2.05) is 17.0 Å². The topological polar surface area (TPSA) is 20.3 Å². The van der Waals surface area contributed by atoms with Crippen molar-refractivity contribution in [3.05, 3.63) is 35.6 Å². The lowest BCUT2D eigenvalue weighted by Gasteiger charge is -2.32. The van der Waals surface area contributed by atoms with Crippen molar-refractivity contribution < 1.29 is 9.18 Å². The minimum absolute atomic E-state index is 0.181. The summed E-state index contributed by atoms with van der Waals surface area (Å²) < 4.78 is 12.8. The lowest BCUT2D eigenvalue weighted by Crippen LogP contribution is -2.38. The van der Waals surface area contributed by atoms with Gasteiger partial charge in [0.15, 0.2) is 0 Å². The van der Waals surface area contributed by atoms with Gasteiger partial charge in [0.05, 0.1) is 0 Å². The van der Waals surface area contributed by atoms with Crippen molar-refractivity contribution in [2.75, 3.05) is 13.1 Å². The summed E-state index contributed by atoms with van der Waals surface area (Å²) in [4.78, 5) is 13.3. The van der Waals surface area contributed by atoms with Crippen molar-refractivity contribution >= 4 is 5.91 Å². The van der Waals surface area contributed by atoms with E-state index in [1.54, 1.807) is 6.92 Å². The van der Waals surface area contributed by atoms with Crippen LogP contribution < -0.4 is 0 Å². The van der Waals surface area contributed by atoms with Crippen LogP contribution >= 0.6 is 0 Å². The standard InChI is InChI=1S/C15H20FNO/c1-12(18)17-10-2-3-14(11-17)5-4-13-6-8-15(16)9-7-13/h6-9,14H,2-5,10-11H2,1H3/t14-/m0/s1. The van der Waals surface area contributed by atoms with Crippen LogP contribution in [0.4, 0.5) is 4.39 Å². The third-order valence-corrected chi connectivity index (χ3v) is 3.72. The maximum Gasteiger partial charge on any atom is 0.219 e. The average Bonchev–Trinajstić information content (AvgIpc) is 2.38. The predicted molar refractivity (Wildman–Crippen MR) is 69.7 cm³/mol. The molecule has 18 heavy (non-hydrogen) atoms. The summed E-state index contributed by atoms with van der Waals surface area (Å²) in [6.45, 7) is 3.43. The first-order chi connectivity index (χ1) is 8.65. The van der Waals surface area contributed by atoms with E-state index in [2.05, 4.69) is 0 Å². The third kappa shape index (κ3) is 3.56. The van der Waals surface area contributed by atoms with Crippen molar-refractivity contribution in [1.82, 2.24) is 4.90 Å². The van der Waals surface area contributed by atoms with Gasteiger partial charge in [0.2, 0.25) is 5.91 Å². The second-order valence-corrected chi connectivity index (χ2v) is 5.14. The van der Waals surface area contributed by atoms with Crippen LogP contribution in [0.3, 0.4) is 0 Å². The highest BCUT2D eigenvalue weighted by molar-refractivity contribution is 5.73. The summed E-state index contributed by atoms with van der Waals surface area (Å²) in [5.74, 6) is 0.591. The molecule has 0 radical (unpaired) electrons. The van der Waals surface area contributed by atoms with Crippen LogP contribution in [0.2, 0.25) is 0 Å². The number of halogens is 1. The zero-order valence-electron chi connectivity index (χ0n) is 10.9. The Labute approximate surface area is 108 Å². The second-order valence-electron chi connectivity index (χ2n) is 5.14. The van der Waals surface area contributed by atoms with Crippen molar-refractivity contribution in [2.24, 2.45) is 5.92 Å². The van der Waals surface area contributed by atoms with Crippen LogP contribution in [0.1, 0.15) is 31.7 Å². The maximum absolute atomic E-state index is 12.8. The van der Waals surface area contributed by atoms with Gasteiger partial charge in [-0.3, -0.25) is 4.79 Å². The monoisotopic (exact) mass is 249 g/mol. The number of aryl methyl sites for hydroxylation is 1. The molecule has 1 aliphatic heterocycles. The normalized spacial score (nSPS) is 19.9. The molecule has 1 atom stereocenters. The van der Waals surface area contributed by atoms with E-state index in [9.17, 15) is 9.18 Å². The van der Waals surface area contributed by atoms with E-state index in [0.717, 1.165) is 32.4 Å². The molecule has 3 heteroatoms. The van der Waals surface area contributed by atoms with Crippen molar-refractivity contribution in [3.63, 3.8) is 0 Å². The molecule has 1 saturated heterocycles. The lowest BCUT2D eigenvalue weighted by atomic mass is 9.91. The zero-order valence-corrected chi connectivity index (χ0v) is 10.9. The number of hydrogen-bond donors (Lipinski definition) is 0. The first kappa shape index (κ1) is 13.1. The second kappa shape index (κ2) is 5.98. The Morgan fingerprint density at radius 1 is 1.39 bits per heavy atom. The van der Waals surface area contributed by atoms with Gasteiger partial charge in [0.25, 0.3) is 0 Å². The molecule has 0 unspecified atom stereocenters. The molecule has 0 aliphatic carbocycles. The van der Waals surface area contributed by atoms with Gasteiger partial charge in [-0.05, 0) is 49.3 Å². The molecule has 0 saturated carbocycles. The molecule has 1 aromatic rings. The Hall–Kier alpha value is -1.38. The first-order valence-electron chi connectivity index (χ1n) is 6.65. The van der Waals surface area contributed by atoms with Crippen LogP contribution in [0.15, 0.2) is 24.3 Å². The maximum atomic E-state index is 12.8. The van der Waals surface area contributed by atoms with Crippen molar-refractivity contribution in [3.8, 4) is 0 Å². The minimum Gasteiger partial charge on any atom is -0.343 e. The summed E-state index contributed by atoms with van der Waals surface area (Å²) in [6.07, 6.45) is 4.35. The molecule has 1 fully saturated rings. The van der Waals surface area contributed by atoms with E-state index in [-0.39, 0.29) is 11.7 Å². The Bertz CT molecular complexity index is 401. The highest BCUT2D eigenvalue weighted by Crippen LogP contribution is 2.21. The van der Waals surface area contributed by atoms with E-state index in [4.69, 9.17) is 0 Å². The van der Waals surface area contributed by atoms with Crippen LogP contribution in [-0.2, 0) is 11.2 Å². The fourth-order valence-electron chi connectivity index (χ4n) is 2.61. The van der Waals surface area contributed by atoms with Gasteiger partial charge >= 0.3 is 0 Å². The molecule has 1 heterocycles. The fourth-order valence-corrected chi connectivity index (χ4v) is 2.61. The largest absolute Gasteiger partial charge is 0.343 e. The number of carbonyl (C=O) groups is 1. The zero-order chi connectivity index (χ0) is 13.0. The molecular weight excluding hydrogens is 229 g/mol. The van der Waals surface area contributed by atoms with Gasteiger partial charge in [-0.25, -0.2) is 4.39 Å². The van der Waals surface area contributed by atoms with E-state index in [0.29, 0.717) is 5.92 Å². The number of rotatable bonds is 3. The summed E-state index contributed by atoms with van der Waals surface area (Å²) in [5, 5.41) is 0. The van der Waals surface area contributed by atoms with Crippen LogP contribution in [0.25, 0.3) is 0 Å². The molecular formula is C15H20FNO. The highest BCUT2D eigenvalue weighted by atomic mass is 19.1. The minimum atomic E-state index is -0.181. The van der Waals surface area contributed by atoms with E-state index in [1.165, 1.54) is 24.1 Å². The molecule has 1 amide bonds. The Morgan fingerprint density at radius 2 is 2.11 bits per heavy atom. The summed E-state index contributed by atoms with van der Waals surface area (Å²) >= 11 is 0. The SMILES string of the molecule is CC(=O)N1CCC[C@@H](CCc2ccc(F)cc2)C1. The van der Waals surface area contributed by atoms with Crippen LogP contribution in [-0.4, -0.2) is 23.9 Å². The van der Waals surface area contributed by atoms with Gasteiger partial charge in [-0.2, -0.15) is 0 Å². The number of piperidine rings is 1. The smallest absolute Gasteiger partial charge is 0.219 e. The Kier molecular flexibility index (Phi) is 4.34. The van der Waals surface area contributed by atoms with Gasteiger partial charge in [-0.15, -0.1) is 0 Å². The van der Waals surface area contributed by atoms with Crippen molar-refractivity contribution in [2.45, 2.75) is 32.6 Å². The Balaban J connectivity index is 1.82. The molecule has 98 valence electrons. The summed E-state index contributed by atoms with van der Waals surface area (Å²) in [6, 6.07) is 6.72. The van der Waals surface area contributed by atoms with Gasteiger partial charge in [-0.1, -0.05) is 12.1 Å². The van der Waals surface area contributed by atoms with Crippen molar-refractivity contribution in [1.29, 1.82) is 0 Å². The summed E-state index contributed by atoms with van der Waals surface area (Å²) in [7, 11) is 0.